The Balaban J connectivity index is 0. The molecule has 0 aromatic heterocycles. The van der Waals surface area contributed by atoms with Gasteiger partial charge in [0.1, 0.15) is 0 Å². The average molecular weight is 151 g/mol. The lowest BCUT2D eigenvalue weighted by atomic mass is 10.3. The van der Waals surface area contributed by atoms with Crippen LogP contribution < -0.4 is 11.3 Å². The number of hydrogen-bond acceptors (Lipinski definition) is 2. The highest BCUT2D eigenvalue weighted by molar-refractivity contribution is 5.85. The van der Waals surface area contributed by atoms with E-state index in [1.165, 1.54) is 0 Å². The van der Waals surface area contributed by atoms with E-state index in [0.717, 1.165) is 19.4 Å². The fraction of sp³-hybridized carbons (Fsp3) is 0.667. The summed E-state index contributed by atoms with van der Waals surface area (Å²) in [5, 5.41) is 0. The monoisotopic (exact) mass is 150 g/mol. The van der Waals surface area contributed by atoms with E-state index in [1.54, 1.807) is 0 Å². The van der Waals surface area contributed by atoms with Crippen LogP contribution in [0.5, 0.6) is 0 Å². The molecule has 0 saturated carbocycles. The number of hydrogen-bond donors (Lipinski definition) is 2. The van der Waals surface area contributed by atoms with Gasteiger partial charge < -0.3 is 0 Å². The van der Waals surface area contributed by atoms with Gasteiger partial charge in [-0.05, 0) is 12.8 Å². The van der Waals surface area contributed by atoms with Gasteiger partial charge in [0.2, 0.25) is 0 Å². The highest BCUT2D eigenvalue weighted by Gasteiger charge is 1.72. The second-order valence-corrected chi connectivity index (χ2v) is 1.62. The average Bonchev–Trinajstić information content (AvgIpc) is 1.81. The molecular formula is C6H15ClN2. The van der Waals surface area contributed by atoms with Crippen molar-refractivity contribution in [3.05, 3.63) is 12.2 Å². The molecule has 0 aliphatic heterocycles. The maximum Gasteiger partial charge on any atom is 0.0132 e. The molecule has 3 N–H and O–H groups in total. The van der Waals surface area contributed by atoms with Crippen LogP contribution in [0.1, 0.15) is 19.8 Å². The van der Waals surface area contributed by atoms with Crippen LogP contribution in [0, 0.1) is 0 Å². The number of nitrogens with one attached hydrogen (secondary N) is 1. The quantitative estimate of drug-likeness (QED) is 0.274. The third-order valence-electron chi connectivity index (χ3n) is 0.858. The Morgan fingerprint density at radius 1 is 1.44 bits per heavy atom. The zero-order valence-electron chi connectivity index (χ0n) is 5.76. The van der Waals surface area contributed by atoms with E-state index in [9.17, 15) is 0 Å². The predicted molar refractivity (Wildman–Crippen MR) is 43.5 cm³/mol. The van der Waals surface area contributed by atoms with E-state index in [-0.39, 0.29) is 12.4 Å². The third-order valence-corrected chi connectivity index (χ3v) is 0.858. The summed E-state index contributed by atoms with van der Waals surface area (Å²) in [6.45, 7) is 2.99. The summed E-state index contributed by atoms with van der Waals surface area (Å²) in [6, 6.07) is 0. The van der Waals surface area contributed by atoms with E-state index in [4.69, 9.17) is 5.84 Å². The van der Waals surface area contributed by atoms with Gasteiger partial charge in [-0.3, -0.25) is 11.3 Å². The summed E-state index contributed by atoms with van der Waals surface area (Å²) in [4.78, 5) is 0. The molecule has 0 rings (SSSR count). The minimum atomic E-state index is 0. The molecule has 0 aliphatic carbocycles. The molecule has 0 aromatic rings. The van der Waals surface area contributed by atoms with Crippen LogP contribution >= 0.6 is 12.4 Å². The number of halogens is 1. The van der Waals surface area contributed by atoms with Crippen molar-refractivity contribution >= 4 is 12.4 Å². The van der Waals surface area contributed by atoms with Gasteiger partial charge in [-0.25, -0.2) is 0 Å². The van der Waals surface area contributed by atoms with Crippen LogP contribution in [0.25, 0.3) is 0 Å². The first-order valence-electron chi connectivity index (χ1n) is 3.00. The lowest BCUT2D eigenvalue weighted by Crippen LogP contribution is -2.22. The van der Waals surface area contributed by atoms with Crippen LogP contribution in [0.3, 0.4) is 0 Å². The first-order valence-corrected chi connectivity index (χ1v) is 3.00. The molecule has 9 heavy (non-hydrogen) atoms. The lowest BCUT2D eigenvalue weighted by Gasteiger charge is -1.89. The SMILES string of the molecule is CCC=CCCNN.Cl. The van der Waals surface area contributed by atoms with E-state index in [2.05, 4.69) is 24.5 Å². The van der Waals surface area contributed by atoms with Crippen molar-refractivity contribution in [1.29, 1.82) is 0 Å². The lowest BCUT2D eigenvalue weighted by molar-refractivity contribution is 0.739. The van der Waals surface area contributed by atoms with Crippen molar-refractivity contribution in [3.63, 3.8) is 0 Å². The zero-order valence-corrected chi connectivity index (χ0v) is 6.58. The van der Waals surface area contributed by atoms with Crippen molar-refractivity contribution in [2.24, 2.45) is 5.84 Å². The Morgan fingerprint density at radius 3 is 2.56 bits per heavy atom. The standard InChI is InChI=1S/C6H14N2.ClH/c1-2-3-4-5-6-8-7;/h3-4,8H,2,5-7H2,1H3;1H. The first-order chi connectivity index (χ1) is 3.91. The Bertz CT molecular complexity index is 64.1. The molecular weight excluding hydrogens is 136 g/mol. The van der Waals surface area contributed by atoms with E-state index in [1.807, 2.05) is 0 Å². The highest BCUT2D eigenvalue weighted by Crippen LogP contribution is 1.82. The molecule has 0 aromatic carbocycles. The van der Waals surface area contributed by atoms with Gasteiger partial charge in [-0.1, -0.05) is 19.1 Å². The molecule has 0 aliphatic rings. The van der Waals surface area contributed by atoms with Crippen LogP contribution in [0.2, 0.25) is 0 Å². The molecule has 0 unspecified atom stereocenters. The predicted octanol–water partition coefficient (Wildman–Crippen LogP) is 1.23. The van der Waals surface area contributed by atoms with Crippen molar-refractivity contribution < 1.29 is 0 Å². The van der Waals surface area contributed by atoms with Gasteiger partial charge in [0.05, 0.1) is 0 Å². The van der Waals surface area contributed by atoms with E-state index >= 15 is 0 Å². The molecule has 3 heteroatoms. The second kappa shape index (κ2) is 10.8. The topological polar surface area (TPSA) is 38.0 Å². The van der Waals surface area contributed by atoms with E-state index in [0.29, 0.717) is 0 Å². The molecule has 0 heterocycles. The summed E-state index contributed by atoms with van der Waals surface area (Å²) in [5.74, 6) is 5.03. The summed E-state index contributed by atoms with van der Waals surface area (Å²) < 4.78 is 0. The number of allylic oxidation sites excluding steroid dienone is 1. The Hall–Kier alpha value is -0.0500. The van der Waals surface area contributed by atoms with Crippen LogP contribution in [0.4, 0.5) is 0 Å². The van der Waals surface area contributed by atoms with Gasteiger partial charge in [-0.15, -0.1) is 12.4 Å². The molecule has 0 bridgehead atoms. The van der Waals surface area contributed by atoms with Crippen molar-refractivity contribution in [2.45, 2.75) is 19.8 Å². The molecule has 0 atom stereocenters. The van der Waals surface area contributed by atoms with Crippen molar-refractivity contribution in [1.82, 2.24) is 5.43 Å². The van der Waals surface area contributed by atoms with Gasteiger partial charge in [-0.2, -0.15) is 0 Å². The fourth-order valence-electron chi connectivity index (χ4n) is 0.451. The van der Waals surface area contributed by atoms with Crippen molar-refractivity contribution in [2.75, 3.05) is 6.54 Å². The fourth-order valence-corrected chi connectivity index (χ4v) is 0.451. The van der Waals surface area contributed by atoms with Gasteiger partial charge in [0.25, 0.3) is 0 Å². The van der Waals surface area contributed by atoms with Crippen LogP contribution in [0.15, 0.2) is 12.2 Å². The molecule has 0 radical (unpaired) electrons. The minimum absolute atomic E-state index is 0. The summed E-state index contributed by atoms with van der Waals surface area (Å²) in [6.07, 6.45) is 6.41. The van der Waals surface area contributed by atoms with Crippen LogP contribution in [-0.2, 0) is 0 Å². The minimum Gasteiger partial charge on any atom is -0.271 e. The first kappa shape index (κ1) is 11.7. The number of rotatable bonds is 4. The molecule has 0 saturated heterocycles. The molecule has 0 fully saturated rings. The number of hydrazine groups is 1. The third kappa shape index (κ3) is 11.5. The van der Waals surface area contributed by atoms with Gasteiger partial charge in [0, 0.05) is 6.54 Å². The van der Waals surface area contributed by atoms with Crippen molar-refractivity contribution in [3.8, 4) is 0 Å². The maximum absolute atomic E-state index is 5.03. The Kier molecular flexibility index (Phi) is 14.1. The van der Waals surface area contributed by atoms with Gasteiger partial charge in [0.15, 0.2) is 0 Å². The normalized spacial score (nSPS) is 9.56. The number of nitrogens with two attached hydrogens (primary N) is 1. The molecule has 2 nitrogen and oxygen atoms in total. The highest BCUT2D eigenvalue weighted by atomic mass is 35.5. The Morgan fingerprint density at radius 2 is 2.11 bits per heavy atom. The Labute approximate surface area is 62.9 Å². The second-order valence-electron chi connectivity index (χ2n) is 1.62. The van der Waals surface area contributed by atoms with Gasteiger partial charge >= 0.3 is 0 Å². The zero-order chi connectivity index (χ0) is 6.24. The largest absolute Gasteiger partial charge is 0.271 e. The smallest absolute Gasteiger partial charge is 0.0132 e. The van der Waals surface area contributed by atoms with E-state index < -0.39 is 0 Å². The molecule has 0 amide bonds. The summed E-state index contributed by atoms with van der Waals surface area (Å²) in [5.41, 5.74) is 2.58. The summed E-state index contributed by atoms with van der Waals surface area (Å²) in [7, 11) is 0. The molecule has 0 spiro atoms. The summed E-state index contributed by atoms with van der Waals surface area (Å²) >= 11 is 0. The maximum atomic E-state index is 5.03. The van der Waals surface area contributed by atoms with Crippen LogP contribution in [-0.4, -0.2) is 6.54 Å². The molecule has 56 valence electrons.